The fourth-order valence-corrected chi connectivity index (χ4v) is 3.09. The van der Waals surface area contributed by atoms with Crippen LogP contribution in [0.1, 0.15) is 48.1 Å². The third-order valence-electron chi connectivity index (χ3n) is 4.66. The molecule has 1 heterocycles. The summed E-state index contributed by atoms with van der Waals surface area (Å²) in [6.07, 6.45) is 0.662. The smallest absolute Gasteiger partial charge is 0.298 e. The first kappa shape index (κ1) is 20.0. The Morgan fingerprint density at radius 2 is 1.89 bits per heavy atom. The molecule has 1 aromatic heterocycles. The van der Waals surface area contributed by atoms with Crippen molar-refractivity contribution in [1.82, 2.24) is 14.7 Å². The van der Waals surface area contributed by atoms with E-state index >= 15 is 0 Å². The van der Waals surface area contributed by atoms with Gasteiger partial charge >= 0.3 is 0 Å². The fraction of sp³-hybridized carbons (Fsp3) is 0.318. The van der Waals surface area contributed by atoms with Gasteiger partial charge in [0.2, 0.25) is 0 Å². The number of amides is 1. The third kappa shape index (κ3) is 5.16. The van der Waals surface area contributed by atoms with Crippen LogP contribution in [0, 0.1) is 12.8 Å². The summed E-state index contributed by atoms with van der Waals surface area (Å²) < 4.78 is 10.3. The van der Waals surface area contributed by atoms with Crippen LogP contribution in [0.5, 0.6) is 10.9 Å². The van der Waals surface area contributed by atoms with Gasteiger partial charge in [-0.2, -0.15) is 9.36 Å². The van der Waals surface area contributed by atoms with Crippen molar-refractivity contribution in [3.05, 3.63) is 71.0 Å². The lowest BCUT2D eigenvalue weighted by atomic mass is 10.1. The van der Waals surface area contributed by atoms with E-state index in [2.05, 4.69) is 28.5 Å². The maximum Gasteiger partial charge on any atom is 0.298 e. The SMILES string of the molecule is Cc1ccc(C(=O)N[C@@H](C)C(C)C)cc1Oc1nc(Cc2ccccc2)ns1. The van der Waals surface area contributed by atoms with Crippen LogP contribution in [0.25, 0.3) is 0 Å². The Kier molecular flexibility index (Phi) is 6.41. The van der Waals surface area contributed by atoms with Gasteiger partial charge in [-0.15, -0.1) is 0 Å². The molecule has 28 heavy (non-hydrogen) atoms. The largest absolute Gasteiger partial charge is 0.430 e. The summed E-state index contributed by atoms with van der Waals surface area (Å²) in [6, 6.07) is 15.6. The van der Waals surface area contributed by atoms with Crippen LogP contribution in [0.2, 0.25) is 0 Å². The summed E-state index contributed by atoms with van der Waals surface area (Å²) in [5.74, 6) is 1.61. The van der Waals surface area contributed by atoms with E-state index in [1.54, 1.807) is 6.07 Å². The summed E-state index contributed by atoms with van der Waals surface area (Å²) in [7, 11) is 0. The number of hydrogen-bond acceptors (Lipinski definition) is 5. The summed E-state index contributed by atoms with van der Waals surface area (Å²) >= 11 is 1.22. The first-order chi connectivity index (χ1) is 13.4. The van der Waals surface area contributed by atoms with Gasteiger partial charge in [-0.05, 0) is 43.0 Å². The Labute approximate surface area is 170 Å². The number of aryl methyl sites for hydroxylation is 1. The number of aromatic nitrogens is 2. The molecular weight excluding hydrogens is 370 g/mol. The van der Waals surface area contributed by atoms with Crippen molar-refractivity contribution in [2.24, 2.45) is 5.92 Å². The highest BCUT2D eigenvalue weighted by Crippen LogP contribution is 2.28. The van der Waals surface area contributed by atoms with E-state index in [0.29, 0.717) is 28.8 Å². The normalized spacial score (nSPS) is 12.0. The monoisotopic (exact) mass is 395 g/mol. The number of carbonyl (C=O) groups excluding carboxylic acids is 1. The van der Waals surface area contributed by atoms with E-state index in [1.807, 2.05) is 56.3 Å². The second kappa shape index (κ2) is 8.97. The maximum absolute atomic E-state index is 12.5. The van der Waals surface area contributed by atoms with Gasteiger partial charge < -0.3 is 10.1 Å². The number of nitrogens with one attached hydrogen (secondary N) is 1. The van der Waals surface area contributed by atoms with Crippen molar-refractivity contribution < 1.29 is 9.53 Å². The lowest BCUT2D eigenvalue weighted by Crippen LogP contribution is -2.36. The molecule has 0 bridgehead atoms. The molecule has 0 spiro atoms. The first-order valence-electron chi connectivity index (χ1n) is 9.38. The highest BCUT2D eigenvalue weighted by molar-refractivity contribution is 7.07. The van der Waals surface area contributed by atoms with Gasteiger partial charge in [0.15, 0.2) is 5.82 Å². The number of hydrogen-bond donors (Lipinski definition) is 1. The van der Waals surface area contributed by atoms with E-state index in [0.717, 1.165) is 17.0 Å². The molecule has 3 aromatic rings. The summed E-state index contributed by atoms with van der Waals surface area (Å²) in [4.78, 5) is 17.0. The second-order valence-electron chi connectivity index (χ2n) is 7.23. The molecule has 0 aliphatic rings. The highest BCUT2D eigenvalue weighted by Gasteiger charge is 2.15. The van der Waals surface area contributed by atoms with E-state index in [9.17, 15) is 4.79 Å². The standard InChI is InChI=1S/C22H25N3O2S/c1-14(2)16(4)23-21(26)18-11-10-15(3)19(13-18)27-22-24-20(25-28-22)12-17-8-6-5-7-9-17/h5-11,13-14,16H,12H2,1-4H3,(H,23,26)/t16-/m0/s1. The van der Waals surface area contributed by atoms with Crippen molar-refractivity contribution in [2.75, 3.05) is 0 Å². The Morgan fingerprint density at radius 3 is 2.61 bits per heavy atom. The molecule has 0 aliphatic heterocycles. The van der Waals surface area contributed by atoms with Crippen LogP contribution in [-0.4, -0.2) is 21.3 Å². The lowest BCUT2D eigenvalue weighted by molar-refractivity contribution is 0.0930. The average molecular weight is 396 g/mol. The molecule has 1 amide bonds. The molecule has 6 heteroatoms. The van der Waals surface area contributed by atoms with Crippen molar-refractivity contribution in [3.8, 4) is 10.9 Å². The van der Waals surface area contributed by atoms with Crippen LogP contribution in [0.15, 0.2) is 48.5 Å². The third-order valence-corrected chi connectivity index (χ3v) is 5.29. The quantitative estimate of drug-likeness (QED) is 0.611. The summed E-state index contributed by atoms with van der Waals surface area (Å²) in [5, 5.41) is 3.49. The average Bonchev–Trinajstić information content (AvgIpc) is 3.11. The Balaban J connectivity index is 1.71. The summed E-state index contributed by atoms with van der Waals surface area (Å²) in [6.45, 7) is 8.11. The number of rotatable bonds is 7. The molecule has 0 saturated heterocycles. The lowest BCUT2D eigenvalue weighted by Gasteiger charge is -2.17. The minimum Gasteiger partial charge on any atom is -0.430 e. The molecule has 0 saturated carbocycles. The van der Waals surface area contributed by atoms with Crippen LogP contribution in [0.3, 0.4) is 0 Å². The van der Waals surface area contributed by atoms with Gasteiger partial charge in [-0.1, -0.05) is 50.2 Å². The minimum atomic E-state index is -0.104. The number of nitrogens with zero attached hydrogens (tertiary/aromatic N) is 2. The molecule has 0 unspecified atom stereocenters. The first-order valence-corrected chi connectivity index (χ1v) is 10.2. The predicted octanol–water partition coefficient (Wildman–Crippen LogP) is 5.00. The van der Waals surface area contributed by atoms with E-state index < -0.39 is 0 Å². The molecule has 146 valence electrons. The molecule has 0 radical (unpaired) electrons. The van der Waals surface area contributed by atoms with Crippen LogP contribution in [0.4, 0.5) is 0 Å². The molecule has 2 aromatic carbocycles. The number of ether oxygens (including phenoxy) is 1. The van der Waals surface area contributed by atoms with Crippen LogP contribution in [-0.2, 0) is 6.42 Å². The van der Waals surface area contributed by atoms with Gasteiger partial charge in [0.25, 0.3) is 11.1 Å². The topological polar surface area (TPSA) is 64.1 Å². The highest BCUT2D eigenvalue weighted by atomic mass is 32.1. The van der Waals surface area contributed by atoms with Crippen molar-refractivity contribution >= 4 is 17.4 Å². The number of carbonyl (C=O) groups is 1. The maximum atomic E-state index is 12.5. The zero-order chi connectivity index (χ0) is 20.1. The fourth-order valence-electron chi connectivity index (χ4n) is 2.53. The van der Waals surface area contributed by atoms with Gasteiger partial charge in [0, 0.05) is 29.6 Å². The van der Waals surface area contributed by atoms with Crippen LogP contribution >= 0.6 is 11.5 Å². The van der Waals surface area contributed by atoms with Gasteiger partial charge in [-0.25, -0.2) is 0 Å². The Hall–Kier alpha value is -2.73. The van der Waals surface area contributed by atoms with E-state index in [1.165, 1.54) is 11.5 Å². The summed E-state index contributed by atoms with van der Waals surface area (Å²) in [5.41, 5.74) is 2.66. The molecular formula is C22H25N3O2S. The van der Waals surface area contributed by atoms with Crippen molar-refractivity contribution in [1.29, 1.82) is 0 Å². The molecule has 1 atom stereocenters. The van der Waals surface area contributed by atoms with E-state index in [-0.39, 0.29) is 11.9 Å². The molecule has 3 rings (SSSR count). The van der Waals surface area contributed by atoms with Crippen molar-refractivity contribution in [3.63, 3.8) is 0 Å². The zero-order valence-corrected chi connectivity index (χ0v) is 17.4. The van der Waals surface area contributed by atoms with E-state index in [4.69, 9.17) is 4.74 Å². The zero-order valence-electron chi connectivity index (χ0n) is 16.6. The van der Waals surface area contributed by atoms with Gasteiger partial charge in [0.05, 0.1) is 0 Å². The molecule has 0 aliphatic carbocycles. The molecule has 0 fully saturated rings. The predicted molar refractivity (Wildman–Crippen MR) is 112 cm³/mol. The van der Waals surface area contributed by atoms with Crippen molar-refractivity contribution in [2.45, 2.75) is 40.2 Å². The minimum absolute atomic E-state index is 0.0990. The van der Waals surface area contributed by atoms with Crippen LogP contribution < -0.4 is 10.1 Å². The Morgan fingerprint density at radius 1 is 1.14 bits per heavy atom. The molecule has 5 nitrogen and oxygen atoms in total. The number of benzene rings is 2. The van der Waals surface area contributed by atoms with Gasteiger partial charge in [0.1, 0.15) is 5.75 Å². The molecule has 1 N–H and O–H groups in total. The second-order valence-corrected chi connectivity index (χ2v) is 7.94. The van der Waals surface area contributed by atoms with Gasteiger partial charge in [-0.3, -0.25) is 4.79 Å². The Bertz CT molecular complexity index is 938.